The Morgan fingerprint density at radius 3 is 2.33 bits per heavy atom. The van der Waals surface area contributed by atoms with Gasteiger partial charge in [-0.25, -0.2) is 14.7 Å². The number of ether oxygens (including phenoxy) is 1. The number of alkyl halides is 3. The third kappa shape index (κ3) is 4.74. The molecule has 33 heavy (non-hydrogen) atoms. The molecule has 2 aromatic rings. The minimum Gasteiger partial charge on any atom is -0.406 e. The standard InChI is InChI=1S/C23H25F3N4O3/c1-22(2)20(31)30(17-6-8-18(9-7-17)33-23(24,25)26)21(32)29(22)15-16-10-11-27-19(14-16)28-12-4-3-5-13-28/h6-11,14H,3-5,12-13,15H2,1-2H3. The zero-order valence-electron chi connectivity index (χ0n) is 18.4. The molecule has 2 aliphatic rings. The zero-order valence-corrected chi connectivity index (χ0v) is 18.4. The minimum atomic E-state index is -4.82. The second-order valence-electron chi connectivity index (χ2n) is 8.68. The van der Waals surface area contributed by atoms with Gasteiger partial charge >= 0.3 is 12.4 Å². The van der Waals surface area contributed by atoms with E-state index < -0.39 is 29.6 Å². The Balaban J connectivity index is 1.54. The molecule has 3 heterocycles. The average Bonchev–Trinajstić information content (AvgIpc) is 2.94. The summed E-state index contributed by atoms with van der Waals surface area (Å²) in [4.78, 5) is 35.5. The van der Waals surface area contributed by atoms with E-state index in [1.54, 1.807) is 20.0 Å². The number of urea groups is 1. The Hall–Kier alpha value is -3.30. The molecule has 1 aromatic carbocycles. The van der Waals surface area contributed by atoms with E-state index in [1.165, 1.54) is 23.5 Å². The van der Waals surface area contributed by atoms with Crippen LogP contribution in [-0.2, 0) is 11.3 Å². The molecule has 176 valence electrons. The van der Waals surface area contributed by atoms with E-state index in [4.69, 9.17) is 0 Å². The van der Waals surface area contributed by atoms with Crippen molar-refractivity contribution in [3.05, 3.63) is 48.2 Å². The highest BCUT2D eigenvalue weighted by atomic mass is 19.4. The lowest BCUT2D eigenvalue weighted by atomic mass is 10.0. The average molecular weight is 462 g/mol. The Bertz CT molecular complexity index is 1030. The number of amides is 3. The van der Waals surface area contributed by atoms with Gasteiger partial charge in [-0.1, -0.05) is 0 Å². The van der Waals surface area contributed by atoms with E-state index in [-0.39, 0.29) is 12.2 Å². The predicted octanol–water partition coefficient (Wildman–Crippen LogP) is 4.72. The third-order valence-corrected chi connectivity index (χ3v) is 5.98. The van der Waals surface area contributed by atoms with Gasteiger partial charge in [0.25, 0.3) is 5.91 Å². The highest BCUT2D eigenvalue weighted by Gasteiger charge is 2.51. The number of nitrogens with zero attached hydrogens (tertiary/aromatic N) is 4. The zero-order chi connectivity index (χ0) is 23.8. The minimum absolute atomic E-state index is 0.179. The molecule has 2 saturated heterocycles. The fraction of sp³-hybridized carbons (Fsp3) is 0.435. The lowest BCUT2D eigenvalue weighted by molar-refractivity contribution is -0.274. The number of aromatic nitrogens is 1. The number of hydrogen-bond donors (Lipinski definition) is 0. The first-order chi connectivity index (χ1) is 15.6. The van der Waals surface area contributed by atoms with Crippen LogP contribution in [-0.4, -0.2) is 46.8 Å². The highest BCUT2D eigenvalue weighted by Crippen LogP contribution is 2.35. The van der Waals surface area contributed by atoms with Gasteiger partial charge in [0.2, 0.25) is 0 Å². The molecule has 3 amide bonds. The van der Waals surface area contributed by atoms with Crippen LogP contribution in [0.15, 0.2) is 42.6 Å². The van der Waals surface area contributed by atoms with Crippen LogP contribution in [0.2, 0.25) is 0 Å². The van der Waals surface area contributed by atoms with E-state index in [0.717, 1.165) is 54.3 Å². The molecule has 0 aliphatic carbocycles. The van der Waals surface area contributed by atoms with Crippen molar-refractivity contribution in [2.45, 2.75) is 51.6 Å². The number of carbonyl (C=O) groups excluding carboxylic acids is 2. The van der Waals surface area contributed by atoms with Crippen molar-refractivity contribution in [3.63, 3.8) is 0 Å². The van der Waals surface area contributed by atoms with Crippen molar-refractivity contribution in [1.29, 1.82) is 0 Å². The molecule has 10 heteroatoms. The van der Waals surface area contributed by atoms with E-state index in [2.05, 4.69) is 14.6 Å². The highest BCUT2D eigenvalue weighted by molar-refractivity contribution is 6.22. The summed E-state index contributed by atoms with van der Waals surface area (Å²) >= 11 is 0. The predicted molar refractivity (Wildman–Crippen MR) is 116 cm³/mol. The maximum Gasteiger partial charge on any atom is 0.573 e. The van der Waals surface area contributed by atoms with E-state index in [1.807, 2.05) is 12.1 Å². The van der Waals surface area contributed by atoms with Crippen LogP contribution in [0, 0.1) is 0 Å². The Kier molecular flexibility index (Phi) is 5.94. The van der Waals surface area contributed by atoms with Crippen LogP contribution in [0.5, 0.6) is 5.75 Å². The van der Waals surface area contributed by atoms with Gasteiger partial charge in [-0.15, -0.1) is 13.2 Å². The SMILES string of the molecule is CC1(C)C(=O)N(c2ccc(OC(F)(F)F)cc2)C(=O)N1Cc1ccnc(N2CCCCC2)c1. The normalized spacial score (nSPS) is 18.8. The number of hydrogen-bond acceptors (Lipinski definition) is 5. The Labute approximate surface area is 189 Å². The van der Waals surface area contributed by atoms with E-state index in [9.17, 15) is 22.8 Å². The number of halogens is 3. The van der Waals surface area contributed by atoms with Gasteiger partial charge in [-0.2, -0.15) is 0 Å². The van der Waals surface area contributed by atoms with Gasteiger partial charge in [0.1, 0.15) is 17.1 Å². The number of pyridine rings is 1. The molecule has 2 aliphatic heterocycles. The summed E-state index contributed by atoms with van der Waals surface area (Å²) < 4.78 is 41.1. The maximum absolute atomic E-state index is 13.2. The molecular formula is C23H25F3N4O3. The molecule has 0 radical (unpaired) electrons. The Morgan fingerprint density at radius 2 is 1.70 bits per heavy atom. The number of benzene rings is 1. The van der Waals surface area contributed by atoms with Crippen LogP contribution < -0.4 is 14.5 Å². The van der Waals surface area contributed by atoms with Gasteiger partial charge in [-0.3, -0.25) is 4.79 Å². The maximum atomic E-state index is 13.2. The first kappa shape index (κ1) is 22.9. The molecule has 0 saturated carbocycles. The summed E-state index contributed by atoms with van der Waals surface area (Å²) in [6, 6.07) is 7.89. The largest absolute Gasteiger partial charge is 0.573 e. The Morgan fingerprint density at radius 1 is 1.03 bits per heavy atom. The molecule has 4 rings (SSSR count). The number of anilines is 2. The number of rotatable bonds is 5. The topological polar surface area (TPSA) is 66.0 Å². The van der Waals surface area contributed by atoms with Crippen molar-refractivity contribution in [1.82, 2.24) is 9.88 Å². The van der Waals surface area contributed by atoms with Crippen LogP contribution in [0.4, 0.5) is 29.5 Å². The van der Waals surface area contributed by atoms with Gasteiger partial charge in [0.15, 0.2) is 0 Å². The smallest absolute Gasteiger partial charge is 0.406 e. The number of piperidine rings is 1. The lowest BCUT2D eigenvalue weighted by Crippen LogP contribution is -2.43. The van der Waals surface area contributed by atoms with Crippen molar-refractivity contribution in [2.24, 2.45) is 0 Å². The molecule has 1 aromatic heterocycles. The molecule has 0 unspecified atom stereocenters. The van der Waals surface area contributed by atoms with Crippen molar-refractivity contribution >= 4 is 23.4 Å². The molecule has 0 atom stereocenters. The summed E-state index contributed by atoms with van der Waals surface area (Å²) in [5.74, 6) is -0.0362. The van der Waals surface area contributed by atoms with Crippen molar-refractivity contribution in [3.8, 4) is 5.75 Å². The summed E-state index contributed by atoms with van der Waals surface area (Å²) in [5.41, 5.74) is -0.110. The van der Waals surface area contributed by atoms with E-state index >= 15 is 0 Å². The van der Waals surface area contributed by atoms with Gasteiger partial charge < -0.3 is 14.5 Å². The molecule has 2 fully saturated rings. The quantitative estimate of drug-likeness (QED) is 0.602. The summed E-state index contributed by atoms with van der Waals surface area (Å²) in [5, 5.41) is 0. The van der Waals surface area contributed by atoms with Crippen LogP contribution in [0.25, 0.3) is 0 Å². The summed E-state index contributed by atoms with van der Waals surface area (Å²) in [7, 11) is 0. The van der Waals surface area contributed by atoms with Crippen LogP contribution >= 0.6 is 0 Å². The summed E-state index contributed by atoms with van der Waals surface area (Å²) in [6.07, 6.45) is 0.302. The molecule has 0 N–H and O–H groups in total. The first-order valence-corrected chi connectivity index (χ1v) is 10.8. The van der Waals surface area contributed by atoms with Gasteiger partial charge in [-0.05, 0) is 75.1 Å². The van der Waals surface area contributed by atoms with Crippen molar-refractivity contribution < 1.29 is 27.5 Å². The van der Waals surface area contributed by atoms with Crippen LogP contribution in [0.1, 0.15) is 38.7 Å². The fourth-order valence-electron chi connectivity index (χ4n) is 4.16. The second kappa shape index (κ2) is 8.57. The van der Waals surface area contributed by atoms with Crippen molar-refractivity contribution in [2.75, 3.05) is 22.9 Å². The molecule has 7 nitrogen and oxygen atoms in total. The van der Waals surface area contributed by atoms with Gasteiger partial charge in [0.05, 0.1) is 5.69 Å². The monoisotopic (exact) mass is 462 g/mol. The number of carbonyl (C=O) groups is 2. The molecule has 0 spiro atoms. The van der Waals surface area contributed by atoms with E-state index in [0.29, 0.717) is 0 Å². The second-order valence-corrected chi connectivity index (χ2v) is 8.68. The third-order valence-electron chi connectivity index (χ3n) is 5.98. The lowest BCUT2D eigenvalue weighted by Gasteiger charge is -2.30. The molecular weight excluding hydrogens is 437 g/mol. The van der Waals surface area contributed by atoms with Gasteiger partial charge in [0, 0.05) is 25.8 Å². The van der Waals surface area contributed by atoms with Crippen LogP contribution in [0.3, 0.4) is 0 Å². The number of imide groups is 1. The molecule has 0 bridgehead atoms. The first-order valence-electron chi connectivity index (χ1n) is 10.8. The summed E-state index contributed by atoms with van der Waals surface area (Å²) in [6.45, 7) is 5.38. The fourth-order valence-corrected chi connectivity index (χ4v) is 4.16.